The molecule has 0 bridgehead atoms. The molecule has 3 aromatic rings. The van der Waals surface area contributed by atoms with E-state index in [1.165, 1.54) is 18.5 Å². The number of carbonyl (C=O) groups excluding carboxylic acids is 1. The minimum atomic E-state index is -4.39. The minimum absolute atomic E-state index is 0.0209. The normalized spacial score (nSPS) is 12.2. The van der Waals surface area contributed by atoms with Crippen LogP contribution in [0, 0.1) is 0 Å². The van der Waals surface area contributed by atoms with Gasteiger partial charge in [-0.3, -0.25) is 4.79 Å². The van der Waals surface area contributed by atoms with Gasteiger partial charge in [-0.15, -0.1) is 10.2 Å². The molecule has 2 heterocycles. The largest absolute Gasteiger partial charge is 0.406 e. The molecule has 1 N–H and O–H groups in total. The highest BCUT2D eigenvalue weighted by molar-refractivity contribution is 7.15. The lowest BCUT2D eigenvalue weighted by atomic mass is 10.2. The number of hydrogen-bond acceptors (Lipinski definition) is 5. The van der Waals surface area contributed by atoms with Crippen LogP contribution in [0.25, 0.3) is 11.1 Å². The van der Waals surface area contributed by atoms with Crippen LogP contribution in [0.15, 0.2) is 42.7 Å². The van der Waals surface area contributed by atoms with E-state index in [0.29, 0.717) is 6.54 Å². The van der Waals surface area contributed by atoms with Crippen LogP contribution in [-0.4, -0.2) is 31.8 Å². The first-order valence-electron chi connectivity index (χ1n) is 7.93. The summed E-state index contributed by atoms with van der Waals surface area (Å²) in [6.45, 7) is -0.862. The second-order valence-corrected chi connectivity index (χ2v) is 6.99. The highest BCUT2D eigenvalue weighted by atomic mass is 35.5. The van der Waals surface area contributed by atoms with Crippen molar-refractivity contribution in [2.24, 2.45) is 0 Å². The summed E-state index contributed by atoms with van der Waals surface area (Å²) in [6, 6.07) is 9.33. The molecule has 28 heavy (non-hydrogen) atoms. The number of benzene rings is 1. The fourth-order valence-electron chi connectivity index (χ4n) is 2.23. The van der Waals surface area contributed by atoms with E-state index in [-0.39, 0.29) is 20.9 Å². The van der Waals surface area contributed by atoms with Gasteiger partial charge in [0.25, 0.3) is 5.91 Å². The lowest BCUT2D eigenvalue weighted by molar-refractivity contribution is -0.140. The summed E-state index contributed by atoms with van der Waals surface area (Å²) in [5, 5.41) is 10.7. The summed E-state index contributed by atoms with van der Waals surface area (Å²) < 4.78 is 38.7. The van der Waals surface area contributed by atoms with Gasteiger partial charge in [0.05, 0.1) is 5.03 Å². The van der Waals surface area contributed by atoms with Crippen molar-refractivity contribution in [1.29, 1.82) is 0 Å². The van der Waals surface area contributed by atoms with Crippen molar-refractivity contribution in [1.82, 2.24) is 25.1 Å². The molecular weight excluding hydrogens is 415 g/mol. The lowest BCUT2D eigenvalue weighted by Crippen LogP contribution is -2.22. The maximum Gasteiger partial charge on any atom is 0.406 e. The highest BCUT2D eigenvalue weighted by Crippen LogP contribution is 2.26. The Bertz CT molecular complexity index is 984. The molecule has 0 atom stereocenters. The zero-order valence-corrected chi connectivity index (χ0v) is 15.7. The van der Waals surface area contributed by atoms with Crippen LogP contribution in [0.1, 0.15) is 26.2 Å². The number of nitrogens with one attached hydrogen (secondary N) is 1. The summed E-state index contributed by atoms with van der Waals surface area (Å²) in [5.74, 6) is -0.400. The van der Waals surface area contributed by atoms with Crippen LogP contribution in [0.3, 0.4) is 0 Å². The van der Waals surface area contributed by atoms with E-state index in [2.05, 4.69) is 20.5 Å². The Balaban J connectivity index is 1.68. The first kappa shape index (κ1) is 20.0. The van der Waals surface area contributed by atoms with Gasteiger partial charge in [-0.25, -0.2) is 4.98 Å². The third-order valence-corrected chi connectivity index (χ3v) is 4.83. The fraction of sp³-hybridized carbons (Fsp3) is 0.176. The molecule has 1 amide bonds. The molecule has 2 aromatic heterocycles. The van der Waals surface area contributed by atoms with Gasteiger partial charge >= 0.3 is 6.18 Å². The number of aromatic nitrogens is 4. The van der Waals surface area contributed by atoms with Crippen molar-refractivity contribution in [3.63, 3.8) is 0 Å². The molecule has 6 nitrogen and oxygen atoms in total. The van der Waals surface area contributed by atoms with E-state index in [0.717, 1.165) is 21.5 Å². The topological polar surface area (TPSA) is 72.7 Å². The zero-order valence-electron chi connectivity index (χ0n) is 14.2. The molecule has 0 saturated carbocycles. The van der Waals surface area contributed by atoms with E-state index >= 15 is 0 Å². The molecule has 0 aliphatic carbocycles. The third-order valence-electron chi connectivity index (χ3n) is 3.47. The maximum atomic E-state index is 12.6. The number of imidazole rings is 1. The Morgan fingerprint density at radius 2 is 1.93 bits per heavy atom. The Labute approximate surface area is 166 Å². The van der Waals surface area contributed by atoms with E-state index in [1.807, 2.05) is 30.3 Å². The third kappa shape index (κ3) is 5.40. The molecule has 0 fully saturated rings. The fourth-order valence-corrected chi connectivity index (χ4v) is 3.15. The number of alkyl halides is 3. The second-order valence-electron chi connectivity index (χ2n) is 5.60. The van der Waals surface area contributed by atoms with Crippen molar-refractivity contribution in [2.45, 2.75) is 19.3 Å². The zero-order chi connectivity index (χ0) is 20.1. The highest BCUT2D eigenvalue weighted by Gasteiger charge is 2.28. The number of carbonyl (C=O) groups is 1. The van der Waals surface area contributed by atoms with E-state index in [4.69, 9.17) is 11.6 Å². The number of hydrogen-bond donors (Lipinski definition) is 1. The monoisotopic (exact) mass is 427 g/mol. The van der Waals surface area contributed by atoms with Gasteiger partial charge in [-0.2, -0.15) is 13.2 Å². The number of halogens is 4. The van der Waals surface area contributed by atoms with E-state index in [9.17, 15) is 18.0 Å². The smallest absolute Gasteiger partial charge is 0.346 e. The average molecular weight is 428 g/mol. The maximum absolute atomic E-state index is 12.6. The van der Waals surface area contributed by atoms with Crippen LogP contribution < -0.4 is 5.32 Å². The molecular formula is C17H13ClF3N5OS. The average Bonchev–Trinajstić information content (AvgIpc) is 3.29. The molecule has 11 heteroatoms. The summed E-state index contributed by atoms with van der Waals surface area (Å²) in [4.78, 5) is 16.0. The summed E-state index contributed by atoms with van der Waals surface area (Å²) >= 11 is 7.07. The van der Waals surface area contributed by atoms with Crippen LogP contribution in [0.5, 0.6) is 0 Å². The van der Waals surface area contributed by atoms with Crippen LogP contribution >= 0.6 is 22.9 Å². The molecule has 1 aromatic carbocycles. The predicted molar refractivity (Wildman–Crippen MR) is 99.5 cm³/mol. The Kier molecular flexibility index (Phi) is 6.10. The van der Waals surface area contributed by atoms with Crippen molar-refractivity contribution in [3.05, 3.63) is 64.1 Å². The van der Waals surface area contributed by atoms with Gasteiger partial charge in [0.2, 0.25) is 5.01 Å². The number of rotatable bonds is 6. The van der Waals surface area contributed by atoms with E-state index in [1.54, 1.807) is 0 Å². The summed E-state index contributed by atoms with van der Waals surface area (Å²) in [5.41, 5.74) is 0.926. The standard InChI is InChI=1S/C17H13ClF3N5OS/c18-12(8-13-22-6-7-26(13)10-17(19,20)21)15-24-25-16(28-15)14(27)23-9-11-4-2-1-3-5-11/h1-8H,9-10H2,(H,23,27)/b12-8+. The Morgan fingerprint density at radius 1 is 1.21 bits per heavy atom. The molecule has 0 unspecified atom stereocenters. The SMILES string of the molecule is O=C(NCc1ccccc1)c1nnc(/C(Cl)=C\c2nccn2CC(F)(F)F)s1. The molecule has 146 valence electrons. The van der Waals surface area contributed by atoms with Gasteiger partial charge in [0, 0.05) is 25.0 Å². The first-order chi connectivity index (χ1) is 13.3. The molecule has 3 rings (SSSR count). The van der Waals surface area contributed by atoms with Gasteiger partial charge in [-0.05, 0) is 5.56 Å². The summed E-state index contributed by atoms with van der Waals surface area (Å²) in [6.07, 6.45) is -0.696. The molecule has 0 spiro atoms. The number of nitrogens with zero attached hydrogens (tertiary/aromatic N) is 4. The molecule has 0 aliphatic heterocycles. The van der Waals surface area contributed by atoms with Gasteiger partial charge in [0.15, 0.2) is 5.01 Å². The van der Waals surface area contributed by atoms with Crippen LogP contribution in [-0.2, 0) is 13.1 Å². The van der Waals surface area contributed by atoms with Crippen molar-refractivity contribution in [3.8, 4) is 0 Å². The second kappa shape index (κ2) is 8.53. The van der Waals surface area contributed by atoms with E-state index < -0.39 is 18.6 Å². The van der Waals surface area contributed by atoms with Crippen molar-refractivity contribution in [2.75, 3.05) is 0 Å². The van der Waals surface area contributed by atoms with Crippen molar-refractivity contribution >= 4 is 40.0 Å². The molecule has 0 saturated heterocycles. The molecule has 0 radical (unpaired) electrons. The van der Waals surface area contributed by atoms with Gasteiger partial charge in [0.1, 0.15) is 12.4 Å². The van der Waals surface area contributed by atoms with Crippen LogP contribution in [0.2, 0.25) is 0 Å². The lowest BCUT2D eigenvalue weighted by Gasteiger charge is -2.08. The molecule has 0 aliphatic rings. The Hall–Kier alpha value is -2.72. The first-order valence-corrected chi connectivity index (χ1v) is 9.12. The quantitative estimate of drug-likeness (QED) is 0.646. The number of amides is 1. The predicted octanol–water partition coefficient (Wildman–Crippen LogP) is 3.96. The van der Waals surface area contributed by atoms with Crippen LogP contribution in [0.4, 0.5) is 13.2 Å². The van der Waals surface area contributed by atoms with Gasteiger partial charge in [-0.1, -0.05) is 53.3 Å². The summed E-state index contributed by atoms with van der Waals surface area (Å²) in [7, 11) is 0. The Morgan fingerprint density at radius 3 is 2.64 bits per heavy atom. The van der Waals surface area contributed by atoms with Crippen molar-refractivity contribution < 1.29 is 18.0 Å². The minimum Gasteiger partial charge on any atom is -0.346 e. The van der Waals surface area contributed by atoms with Gasteiger partial charge < -0.3 is 9.88 Å².